The van der Waals surface area contributed by atoms with Gasteiger partial charge in [-0.2, -0.15) is 0 Å². The van der Waals surface area contributed by atoms with Crippen LogP contribution in [0.3, 0.4) is 0 Å². The molecule has 0 unspecified atom stereocenters. The second kappa shape index (κ2) is 7.72. The van der Waals surface area contributed by atoms with E-state index in [-0.39, 0.29) is 0 Å². The minimum absolute atomic E-state index is 0.330. The predicted molar refractivity (Wildman–Crippen MR) is 65.7 cm³/mol. The Morgan fingerprint density at radius 2 is 2.12 bits per heavy atom. The Morgan fingerprint density at radius 1 is 1.29 bits per heavy atom. The van der Waals surface area contributed by atoms with Gasteiger partial charge in [-0.05, 0) is 6.42 Å². The van der Waals surface area contributed by atoms with Crippen molar-refractivity contribution in [2.45, 2.75) is 32.6 Å². The second-order valence-corrected chi connectivity index (χ2v) is 4.35. The first-order valence-corrected chi connectivity index (χ1v) is 6.47. The average Bonchev–Trinajstić information content (AvgIpc) is 2.81. The zero-order valence-electron chi connectivity index (χ0n) is 9.73. The Morgan fingerprint density at radius 3 is 2.76 bits per heavy atom. The minimum atomic E-state index is -0.697. The number of nitrogens with one attached hydrogen (secondary N) is 2. The van der Waals surface area contributed by atoms with Crippen LogP contribution in [0.5, 0.6) is 0 Å². The van der Waals surface area contributed by atoms with Crippen molar-refractivity contribution in [1.82, 2.24) is 15.5 Å². The van der Waals surface area contributed by atoms with Crippen LogP contribution in [-0.4, -0.2) is 28.6 Å². The molecule has 94 valence electrons. The molecule has 0 atom stereocenters. The topological polar surface area (TPSA) is 84.0 Å². The highest BCUT2D eigenvalue weighted by atomic mass is 32.1. The molecule has 0 radical (unpaired) electrons. The van der Waals surface area contributed by atoms with Crippen LogP contribution < -0.4 is 10.6 Å². The van der Waals surface area contributed by atoms with Crippen LogP contribution in [0, 0.1) is 0 Å². The SMILES string of the molecule is CCCCCCNC(=O)C(=O)Nc1nncs1. The fourth-order valence-corrected chi connectivity index (χ4v) is 1.66. The number of carbonyl (C=O) groups excluding carboxylic acids is 2. The molecule has 17 heavy (non-hydrogen) atoms. The molecule has 0 spiro atoms. The molecule has 6 nitrogen and oxygen atoms in total. The van der Waals surface area contributed by atoms with E-state index in [4.69, 9.17) is 0 Å². The van der Waals surface area contributed by atoms with Crippen molar-refractivity contribution in [3.05, 3.63) is 5.51 Å². The highest BCUT2D eigenvalue weighted by Crippen LogP contribution is 2.07. The largest absolute Gasteiger partial charge is 0.348 e. The summed E-state index contributed by atoms with van der Waals surface area (Å²) in [4.78, 5) is 22.7. The van der Waals surface area contributed by atoms with E-state index < -0.39 is 11.8 Å². The quantitative estimate of drug-likeness (QED) is 0.591. The van der Waals surface area contributed by atoms with Crippen molar-refractivity contribution < 1.29 is 9.59 Å². The van der Waals surface area contributed by atoms with Crippen LogP contribution in [0.4, 0.5) is 5.13 Å². The average molecular weight is 256 g/mol. The molecule has 0 aliphatic rings. The summed E-state index contributed by atoms with van der Waals surface area (Å²) in [6.45, 7) is 2.65. The summed E-state index contributed by atoms with van der Waals surface area (Å²) >= 11 is 1.17. The number of unbranched alkanes of at least 4 members (excludes halogenated alkanes) is 3. The molecule has 2 amide bonds. The molecule has 1 rings (SSSR count). The van der Waals surface area contributed by atoms with Crippen molar-refractivity contribution in [3.63, 3.8) is 0 Å². The third kappa shape index (κ3) is 5.39. The molecule has 7 heteroatoms. The number of hydrogen-bond acceptors (Lipinski definition) is 5. The molecule has 1 heterocycles. The Balaban J connectivity index is 2.16. The number of anilines is 1. The summed E-state index contributed by atoms with van der Waals surface area (Å²) in [6, 6.07) is 0. The first-order valence-electron chi connectivity index (χ1n) is 5.59. The van der Waals surface area contributed by atoms with Crippen LogP contribution in [0.2, 0.25) is 0 Å². The Hall–Kier alpha value is -1.50. The fourth-order valence-electron chi connectivity index (χ4n) is 1.22. The Kier molecular flexibility index (Phi) is 6.16. The Labute approximate surface area is 104 Å². The predicted octanol–water partition coefficient (Wildman–Crippen LogP) is 1.17. The summed E-state index contributed by atoms with van der Waals surface area (Å²) in [5.41, 5.74) is 1.48. The number of carbonyl (C=O) groups is 2. The van der Waals surface area contributed by atoms with Crippen LogP contribution in [0.1, 0.15) is 32.6 Å². The number of nitrogens with zero attached hydrogens (tertiary/aromatic N) is 2. The summed E-state index contributed by atoms with van der Waals surface area (Å²) in [7, 11) is 0. The lowest BCUT2D eigenvalue weighted by molar-refractivity contribution is -0.136. The zero-order chi connectivity index (χ0) is 12.5. The molecule has 0 aromatic carbocycles. The lowest BCUT2D eigenvalue weighted by atomic mass is 10.2. The molecule has 1 aromatic rings. The third-order valence-electron chi connectivity index (χ3n) is 2.10. The highest BCUT2D eigenvalue weighted by Gasteiger charge is 2.13. The smallest absolute Gasteiger partial charge is 0.315 e. The first kappa shape index (κ1) is 13.6. The van der Waals surface area contributed by atoms with Crippen molar-refractivity contribution in [2.24, 2.45) is 0 Å². The van der Waals surface area contributed by atoms with E-state index in [1.807, 2.05) is 0 Å². The fraction of sp³-hybridized carbons (Fsp3) is 0.600. The van der Waals surface area contributed by atoms with Gasteiger partial charge < -0.3 is 5.32 Å². The van der Waals surface area contributed by atoms with E-state index in [9.17, 15) is 9.59 Å². The van der Waals surface area contributed by atoms with Gasteiger partial charge >= 0.3 is 11.8 Å². The molecule has 0 saturated heterocycles. The number of amides is 2. The van der Waals surface area contributed by atoms with Gasteiger partial charge in [-0.3, -0.25) is 14.9 Å². The van der Waals surface area contributed by atoms with Crippen LogP contribution in [0.15, 0.2) is 5.51 Å². The van der Waals surface area contributed by atoms with Gasteiger partial charge in [0.05, 0.1) is 0 Å². The summed E-state index contributed by atoms with van der Waals surface area (Å²) in [5.74, 6) is -1.33. The van der Waals surface area contributed by atoms with Crippen LogP contribution in [0.25, 0.3) is 0 Å². The van der Waals surface area contributed by atoms with Crippen molar-refractivity contribution in [1.29, 1.82) is 0 Å². The summed E-state index contributed by atoms with van der Waals surface area (Å²) < 4.78 is 0. The lowest BCUT2D eigenvalue weighted by Crippen LogP contribution is -2.35. The van der Waals surface area contributed by atoms with Gasteiger partial charge in [0.1, 0.15) is 5.51 Å². The zero-order valence-corrected chi connectivity index (χ0v) is 10.5. The van der Waals surface area contributed by atoms with E-state index in [1.54, 1.807) is 0 Å². The number of hydrogen-bond donors (Lipinski definition) is 2. The van der Waals surface area contributed by atoms with Gasteiger partial charge in [-0.25, -0.2) is 0 Å². The van der Waals surface area contributed by atoms with Crippen molar-refractivity contribution >= 4 is 28.3 Å². The van der Waals surface area contributed by atoms with Crippen molar-refractivity contribution in [2.75, 3.05) is 11.9 Å². The standard InChI is InChI=1S/C10H16N4O2S/c1-2-3-4-5-6-11-8(15)9(16)13-10-14-12-7-17-10/h7H,2-6H2,1H3,(H,11,15)(H,13,14,16). The number of rotatable bonds is 6. The van der Waals surface area contributed by atoms with Gasteiger partial charge in [-0.15, -0.1) is 10.2 Å². The van der Waals surface area contributed by atoms with E-state index in [2.05, 4.69) is 27.8 Å². The highest BCUT2D eigenvalue weighted by molar-refractivity contribution is 7.13. The third-order valence-corrected chi connectivity index (χ3v) is 2.71. The summed E-state index contributed by atoms with van der Waals surface area (Å²) in [6.07, 6.45) is 4.25. The van der Waals surface area contributed by atoms with Crippen molar-refractivity contribution in [3.8, 4) is 0 Å². The molecule has 0 aliphatic carbocycles. The van der Waals surface area contributed by atoms with Gasteiger partial charge in [0.25, 0.3) is 0 Å². The minimum Gasteiger partial charge on any atom is -0.348 e. The molecule has 0 saturated carbocycles. The first-order chi connectivity index (χ1) is 8.24. The molecule has 2 N–H and O–H groups in total. The maximum Gasteiger partial charge on any atom is 0.315 e. The summed E-state index contributed by atoms with van der Waals surface area (Å²) in [5, 5.41) is 12.4. The number of aromatic nitrogens is 2. The van der Waals surface area contributed by atoms with Gasteiger partial charge in [0.2, 0.25) is 5.13 Å². The maximum absolute atomic E-state index is 11.3. The normalized spacial score (nSPS) is 9.94. The van der Waals surface area contributed by atoms with E-state index in [0.717, 1.165) is 25.7 Å². The van der Waals surface area contributed by atoms with Gasteiger partial charge in [0.15, 0.2) is 0 Å². The van der Waals surface area contributed by atoms with E-state index >= 15 is 0 Å². The molecular weight excluding hydrogens is 240 g/mol. The van der Waals surface area contributed by atoms with Gasteiger partial charge in [-0.1, -0.05) is 37.5 Å². The van der Waals surface area contributed by atoms with E-state index in [0.29, 0.717) is 11.7 Å². The molecule has 1 aromatic heterocycles. The van der Waals surface area contributed by atoms with Gasteiger partial charge in [0, 0.05) is 6.54 Å². The Bertz CT molecular complexity index is 353. The molecule has 0 aliphatic heterocycles. The van der Waals surface area contributed by atoms with Crippen LogP contribution >= 0.6 is 11.3 Å². The van der Waals surface area contributed by atoms with E-state index in [1.165, 1.54) is 16.8 Å². The second-order valence-electron chi connectivity index (χ2n) is 3.51. The molecule has 0 bridgehead atoms. The lowest BCUT2D eigenvalue weighted by Gasteiger charge is -2.03. The monoisotopic (exact) mass is 256 g/mol. The maximum atomic E-state index is 11.3. The molecular formula is C10H16N4O2S. The molecule has 0 fully saturated rings. The van der Waals surface area contributed by atoms with Crippen LogP contribution in [-0.2, 0) is 9.59 Å².